The lowest BCUT2D eigenvalue weighted by Crippen LogP contribution is -2.62. The van der Waals surface area contributed by atoms with Gasteiger partial charge in [-0.15, -0.1) is 0 Å². The van der Waals surface area contributed by atoms with Crippen molar-refractivity contribution >= 4 is 12.3 Å². The molecule has 12 bridgehead atoms. The van der Waals surface area contributed by atoms with E-state index in [9.17, 15) is 14.7 Å². The molecule has 11 rings (SSSR count). The third-order valence-electron chi connectivity index (χ3n) is 14.7. The number of esters is 1. The molecule has 11 saturated heterocycles. The van der Waals surface area contributed by atoms with E-state index >= 15 is 0 Å². The normalized spacial score (nSPS) is 54.9. The summed E-state index contributed by atoms with van der Waals surface area (Å²) in [6.07, 6.45) is 2.37. The highest BCUT2D eigenvalue weighted by atomic mass is 16.8. The molecule has 11 aliphatic rings. The van der Waals surface area contributed by atoms with E-state index in [1.165, 1.54) is 0 Å². The third-order valence-corrected chi connectivity index (χ3v) is 14.7. The maximum Gasteiger partial charge on any atom is 0.308 e. The minimum absolute atomic E-state index is 0.00658. The molecule has 21 atom stereocenters. The minimum Gasteiger partial charge on any atom is -0.459 e. The summed E-state index contributed by atoms with van der Waals surface area (Å²) in [5.41, 5.74) is 2.12. The van der Waals surface area contributed by atoms with Crippen molar-refractivity contribution < 1.29 is 62.1 Å². The van der Waals surface area contributed by atoms with Gasteiger partial charge < -0.3 is 57.3 Å². The second-order valence-corrected chi connectivity index (χ2v) is 18.4. The van der Waals surface area contributed by atoms with Crippen molar-refractivity contribution in [2.24, 2.45) is 11.8 Å². The molecule has 0 unspecified atom stereocenters. The molecule has 11 heterocycles. The van der Waals surface area contributed by atoms with Crippen LogP contribution in [0.15, 0.2) is 24.3 Å². The summed E-state index contributed by atoms with van der Waals surface area (Å²) in [5, 5.41) is 10.9. The Labute approximate surface area is 323 Å². The molecule has 11 fully saturated rings. The summed E-state index contributed by atoms with van der Waals surface area (Å²) in [7, 11) is 0. The molecule has 13 heteroatoms. The average Bonchev–Trinajstić information content (AvgIpc) is 3.74. The molecular weight excluding hydrogens is 712 g/mol. The van der Waals surface area contributed by atoms with E-state index in [-0.39, 0.29) is 91.7 Å². The Morgan fingerprint density at radius 2 is 1.44 bits per heavy atom. The monoisotopic (exact) mass is 770 g/mol. The molecule has 0 aliphatic carbocycles. The van der Waals surface area contributed by atoms with Gasteiger partial charge in [0.2, 0.25) is 0 Å². The fourth-order valence-corrected chi connectivity index (χ4v) is 11.8. The van der Waals surface area contributed by atoms with Crippen LogP contribution in [0, 0.1) is 11.8 Å². The van der Waals surface area contributed by atoms with Crippen molar-refractivity contribution in [2.45, 2.75) is 213 Å². The molecule has 13 nitrogen and oxygen atoms in total. The first kappa shape index (κ1) is 37.5. The Balaban J connectivity index is 0.936. The predicted molar refractivity (Wildman–Crippen MR) is 192 cm³/mol. The highest BCUT2D eigenvalue weighted by Crippen LogP contribution is 2.54. The fraction of sp³-hybridized carbons (Fsp3) is 0.857. The van der Waals surface area contributed by atoms with Gasteiger partial charge in [-0.1, -0.05) is 27.0 Å². The van der Waals surface area contributed by atoms with Gasteiger partial charge in [0.05, 0.1) is 79.7 Å². The van der Waals surface area contributed by atoms with Crippen LogP contribution in [-0.4, -0.2) is 133 Å². The highest BCUT2D eigenvalue weighted by Gasteiger charge is 2.69. The number of fused-ring (bicyclic) bond motifs is 7. The van der Waals surface area contributed by atoms with E-state index in [4.69, 9.17) is 47.4 Å². The van der Waals surface area contributed by atoms with Crippen LogP contribution in [0.3, 0.4) is 0 Å². The number of carbonyl (C=O) groups excluding carboxylic acids is 2. The lowest BCUT2D eigenvalue weighted by atomic mass is 9.79. The van der Waals surface area contributed by atoms with Gasteiger partial charge >= 0.3 is 5.97 Å². The number of aliphatic hydroxyl groups is 1. The van der Waals surface area contributed by atoms with Crippen molar-refractivity contribution in [3.8, 4) is 0 Å². The first-order valence-corrected chi connectivity index (χ1v) is 21.2. The first-order valence-electron chi connectivity index (χ1n) is 21.2. The van der Waals surface area contributed by atoms with Gasteiger partial charge in [-0.2, -0.15) is 0 Å². The molecule has 55 heavy (non-hydrogen) atoms. The molecule has 0 aromatic rings. The second kappa shape index (κ2) is 14.5. The molecule has 0 amide bonds. The van der Waals surface area contributed by atoms with Crippen molar-refractivity contribution in [3.63, 3.8) is 0 Å². The van der Waals surface area contributed by atoms with E-state index < -0.39 is 54.6 Å². The molecule has 1 N–H and O–H groups in total. The van der Waals surface area contributed by atoms with E-state index in [2.05, 4.69) is 20.1 Å². The van der Waals surface area contributed by atoms with Crippen LogP contribution in [0.2, 0.25) is 0 Å². The quantitative estimate of drug-likeness (QED) is 0.247. The summed E-state index contributed by atoms with van der Waals surface area (Å²) >= 11 is 0. The van der Waals surface area contributed by atoms with Crippen LogP contribution in [-0.2, 0) is 57.0 Å². The molecule has 0 aromatic carbocycles. The standard InChI is InChI=1S/C42H58O13/c1-19-13-23-5-7-27-20(2)14-25(46-27)9-11-42-18-33-38(54-42)39-40(52-33)41(55-42)37-29(51-39)8-6-24(48-37)15-34(45)53-36-22(4)35-31(16-26(44)28(50-35)10-12-43)49-32(36)17-30(47-23)21(19)3/h12,19,22-33,35-41,44H,2-3,5-11,13-18H2,1,4H3/t19-,22+,23+,24-,25+,26-,27+,28-,29+,30-,31+,32+,33+,35+,36-,37+,38+,39+,40-,41+,42+/m1/s1. The Hall–Kier alpha value is -1.78. The Bertz CT molecular complexity index is 1520. The summed E-state index contributed by atoms with van der Waals surface area (Å²) < 4.78 is 66.7. The second-order valence-electron chi connectivity index (χ2n) is 18.4. The number of aldehydes is 1. The van der Waals surface area contributed by atoms with Gasteiger partial charge in [-0.3, -0.25) is 4.79 Å². The van der Waals surface area contributed by atoms with Crippen molar-refractivity contribution in [1.29, 1.82) is 0 Å². The molecular formula is C42H58O13. The molecule has 11 aliphatic heterocycles. The van der Waals surface area contributed by atoms with Crippen LogP contribution in [0.1, 0.15) is 97.3 Å². The smallest absolute Gasteiger partial charge is 0.308 e. The maximum absolute atomic E-state index is 14.0. The average molecular weight is 771 g/mol. The number of ether oxygens (including phenoxy) is 10. The Morgan fingerprint density at radius 3 is 2.29 bits per heavy atom. The number of hydrogen-bond acceptors (Lipinski definition) is 13. The van der Waals surface area contributed by atoms with Crippen LogP contribution in [0.25, 0.3) is 0 Å². The van der Waals surface area contributed by atoms with Gasteiger partial charge in [-0.25, -0.2) is 0 Å². The van der Waals surface area contributed by atoms with E-state index in [0.29, 0.717) is 32.1 Å². The SMILES string of the molecule is C=C1C[C@@H]2CC[C@@]34C[C@@H]5O[C@@H]6[C@@H](O[C@H]7CC[C@H](CC(=O)O[C@@H]8[C@@H](C)[C@@H]9O[C@H](CC=O)[C@H](O)C[C@@H]9O[C@H]8C[C@H]8O[C@@H](CC[C@@H]1O2)C[C@@H](C)C8=C)O[C@@H]7[C@@H]6O3)[C@H]5O4. The predicted octanol–water partition coefficient (Wildman–Crippen LogP) is 3.79. The van der Waals surface area contributed by atoms with Crippen molar-refractivity contribution in [1.82, 2.24) is 0 Å². The van der Waals surface area contributed by atoms with E-state index in [1.54, 1.807) is 0 Å². The summed E-state index contributed by atoms with van der Waals surface area (Å²) in [6, 6.07) is 0. The van der Waals surface area contributed by atoms with Gasteiger partial charge in [0.15, 0.2) is 5.79 Å². The van der Waals surface area contributed by atoms with E-state index in [1.807, 2.05) is 6.92 Å². The molecule has 0 saturated carbocycles. The third kappa shape index (κ3) is 6.70. The minimum atomic E-state index is -0.840. The molecule has 0 radical (unpaired) electrons. The zero-order valence-corrected chi connectivity index (χ0v) is 32.1. The van der Waals surface area contributed by atoms with E-state index in [0.717, 1.165) is 56.0 Å². The molecule has 304 valence electrons. The van der Waals surface area contributed by atoms with Gasteiger partial charge in [0, 0.05) is 38.0 Å². The number of aliphatic hydroxyl groups excluding tert-OH is 1. The van der Waals surface area contributed by atoms with Crippen molar-refractivity contribution in [3.05, 3.63) is 24.3 Å². The molecule has 0 aromatic heterocycles. The highest BCUT2D eigenvalue weighted by molar-refractivity contribution is 5.70. The topological polar surface area (TPSA) is 147 Å². The maximum atomic E-state index is 14.0. The van der Waals surface area contributed by atoms with Gasteiger partial charge in [0.1, 0.15) is 42.9 Å². The Morgan fingerprint density at radius 1 is 0.691 bits per heavy atom. The largest absolute Gasteiger partial charge is 0.459 e. The fourth-order valence-electron chi connectivity index (χ4n) is 11.8. The lowest BCUT2D eigenvalue weighted by molar-refractivity contribution is -0.293. The van der Waals surface area contributed by atoms with Crippen LogP contribution in [0.4, 0.5) is 0 Å². The zero-order valence-electron chi connectivity index (χ0n) is 32.1. The van der Waals surface area contributed by atoms with Crippen LogP contribution in [0.5, 0.6) is 0 Å². The number of carbonyl (C=O) groups is 2. The lowest BCUT2D eigenvalue weighted by Gasteiger charge is -2.51. The van der Waals surface area contributed by atoms with Gasteiger partial charge in [-0.05, 0) is 62.0 Å². The zero-order chi connectivity index (χ0) is 37.7. The van der Waals surface area contributed by atoms with Crippen LogP contribution < -0.4 is 0 Å². The Kier molecular flexibility index (Phi) is 9.88. The summed E-state index contributed by atoms with van der Waals surface area (Å²) in [6.45, 7) is 13.1. The van der Waals surface area contributed by atoms with Crippen molar-refractivity contribution in [2.75, 3.05) is 0 Å². The summed E-state index contributed by atoms with van der Waals surface area (Å²) in [4.78, 5) is 25.5. The number of hydrogen-bond donors (Lipinski definition) is 1. The summed E-state index contributed by atoms with van der Waals surface area (Å²) in [5.74, 6) is -1.24. The van der Waals surface area contributed by atoms with Gasteiger partial charge in [0.25, 0.3) is 0 Å². The van der Waals surface area contributed by atoms with Crippen LogP contribution >= 0.6 is 0 Å². The molecule has 1 spiro atoms. The first-order chi connectivity index (χ1) is 26.5. The number of rotatable bonds is 2.